The van der Waals surface area contributed by atoms with Crippen LogP contribution in [-0.4, -0.2) is 12.5 Å². The molecule has 1 N–H and O–H groups in total. The number of aryl methyl sites for hydroxylation is 1. The third-order valence-corrected chi connectivity index (χ3v) is 6.39. The van der Waals surface area contributed by atoms with Gasteiger partial charge in [0.2, 0.25) is 5.91 Å². The standard InChI is InChI=1S/C23H27NO2/c1-16-7-9-19(10-8-16)24-22(25)17(2)18-11-13-23(14-12-18)15-26-21-6-4-3-5-20(21)23/h3-10,17-18H,11-15H2,1-2H3,(H,24,25)/t17-,18?,23?/m1/s1. The number of carbonyl (C=O) groups excluding carboxylic acids is 1. The molecular formula is C23H27NO2. The molecule has 1 aliphatic carbocycles. The van der Waals surface area contributed by atoms with Gasteiger partial charge in [-0.1, -0.05) is 42.8 Å². The molecule has 0 bridgehead atoms. The van der Waals surface area contributed by atoms with Crippen LogP contribution in [0.4, 0.5) is 5.69 Å². The van der Waals surface area contributed by atoms with Gasteiger partial charge >= 0.3 is 0 Å². The molecule has 1 fully saturated rings. The zero-order valence-corrected chi connectivity index (χ0v) is 15.6. The third-order valence-electron chi connectivity index (χ3n) is 6.39. The van der Waals surface area contributed by atoms with Crippen molar-refractivity contribution in [3.8, 4) is 5.75 Å². The van der Waals surface area contributed by atoms with Crippen LogP contribution in [0.25, 0.3) is 0 Å². The molecule has 2 aromatic rings. The van der Waals surface area contributed by atoms with E-state index in [1.165, 1.54) is 11.1 Å². The number of ether oxygens (including phenoxy) is 1. The topological polar surface area (TPSA) is 38.3 Å². The molecule has 1 amide bonds. The number of hydrogen-bond donors (Lipinski definition) is 1. The van der Waals surface area contributed by atoms with Gasteiger partial charge in [-0.3, -0.25) is 4.79 Å². The van der Waals surface area contributed by atoms with Crippen molar-refractivity contribution < 1.29 is 9.53 Å². The summed E-state index contributed by atoms with van der Waals surface area (Å²) in [7, 11) is 0. The van der Waals surface area contributed by atoms with Crippen molar-refractivity contribution in [2.75, 3.05) is 11.9 Å². The van der Waals surface area contributed by atoms with E-state index in [2.05, 4.69) is 37.4 Å². The maximum absolute atomic E-state index is 12.7. The van der Waals surface area contributed by atoms with Crippen molar-refractivity contribution in [3.63, 3.8) is 0 Å². The Bertz CT molecular complexity index is 788. The zero-order valence-electron chi connectivity index (χ0n) is 15.6. The molecule has 2 aromatic carbocycles. The lowest BCUT2D eigenvalue weighted by Gasteiger charge is -2.38. The van der Waals surface area contributed by atoms with Crippen LogP contribution in [0.15, 0.2) is 48.5 Å². The van der Waals surface area contributed by atoms with E-state index in [1.54, 1.807) is 0 Å². The third kappa shape index (κ3) is 3.11. The maximum atomic E-state index is 12.7. The second-order valence-corrected chi connectivity index (χ2v) is 8.05. The number of benzene rings is 2. The predicted octanol–water partition coefficient (Wildman–Crippen LogP) is 5.09. The highest BCUT2D eigenvalue weighted by atomic mass is 16.5. The Morgan fingerprint density at radius 1 is 1.12 bits per heavy atom. The van der Waals surface area contributed by atoms with Crippen LogP contribution in [0.1, 0.15) is 43.7 Å². The van der Waals surface area contributed by atoms with Gasteiger partial charge in [0.05, 0.1) is 6.61 Å². The molecular weight excluding hydrogens is 322 g/mol. The fraction of sp³-hybridized carbons (Fsp3) is 0.435. The second-order valence-electron chi connectivity index (χ2n) is 8.05. The lowest BCUT2D eigenvalue weighted by atomic mass is 9.65. The van der Waals surface area contributed by atoms with Crippen molar-refractivity contribution in [3.05, 3.63) is 59.7 Å². The highest BCUT2D eigenvalue weighted by Gasteiger charge is 2.44. The number of amides is 1. The van der Waals surface area contributed by atoms with Crippen LogP contribution in [0, 0.1) is 18.8 Å². The van der Waals surface area contributed by atoms with Gasteiger partial charge in [-0.05, 0) is 56.7 Å². The summed E-state index contributed by atoms with van der Waals surface area (Å²) in [6.45, 7) is 4.92. The quantitative estimate of drug-likeness (QED) is 0.838. The van der Waals surface area contributed by atoms with Crippen LogP contribution in [0.2, 0.25) is 0 Å². The number of anilines is 1. The van der Waals surface area contributed by atoms with Gasteiger partial charge in [0.15, 0.2) is 0 Å². The molecule has 0 saturated heterocycles. The van der Waals surface area contributed by atoms with Crippen molar-refractivity contribution in [2.24, 2.45) is 11.8 Å². The van der Waals surface area contributed by atoms with Gasteiger partial charge in [0, 0.05) is 22.6 Å². The molecule has 1 heterocycles. The molecule has 26 heavy (non-hydrogen) atoms. The Hall–Kier alpha value is -2.29. The average molecular weight is 349 g/mol. The van der Waals surface area contributed by atoms with E-state index in [4.69, 9.17) is 4.74 Å². The van der Waals surface area contributed by atoms with Crippen molar-refractivity contribution in [2.45, 2.75) is 44.9 Å². The first-order chi connectivity index (χ1) is 12.6. The van der Waals surface area contributed by atoms with Gasteiger partial charge < -0.3 is 10.1 Å². The summed E-state index contributed by atoms with van der Waals surface area (Å²) in [4.78, 5) is 12.7. The van der Waals surface area contributed by atoms with Crippen LogP contribution >= 0.6 is 0 Å². The Kier molecular flexibility index (Phi) is 4.47. The fourth-order valence-corrected chi connectivity index (χ4v) is 4.54. The Labute approximate surface area is 155 Å². The van der Waals surface area contributed by atoms with Gasteiger partial charge in [-0.15, -0.1) is 0 Å². The molecule has 1 aliphatic heterocycles. The van der Waals surface area contributed by atoms with Crippen LogP contribution in [-0.2, 0) is 10.2 Å². The summed E-state index contributed by atoms with van der Waals surface area (Å²) < 4.78 is 5.94. The number of rotatable bonds is 3. The van der Waals surface area contributed by atoms with Crippen LogP contribution < -0.4 is 10.1 Å². The van der Waals surface area contributed by atoms with Gasteiger partial charge in [0.25, 0.3) is 0 Å². The van der Waals surface area contributed by atoms with Gasteiger partial charge in [0.1, 0.15) is 5.75 Å². The summed E-state index contributed by atoms with van der Waals surface area (Å²) in [6.07, 6.45) is 4.38. The summed E-state index contributed by atoms with van der Waals surface area (Å²) in [5.74, 6) is 1.67. The molecule has 4 rings (SSSR count). The SMILES string of the molecule is Cc1ccc(NC(=O)[C@H](C)C2CCC3(CC2)COc2ccccc23)cc1. The fourth-order valence-electron chi connectivity index (χ4n) is 4.54. The summed E-state index contributed by atoms with van der Waals surface area (Å²) in [5, 5.41) is 3.08. The molecule has 0 aromatic heterocycles. The zero-order chi connectivity index (χ0) is 18.1. The van der Waals surface area contributed by atoms with E-state index in [0.29, 0.717) is 5.92 Å². The molecule has 1 spiro atoms. The Morgan fingerprint density at radius 2 is 1.81 bits per heavy atom. The molecule has 136 valence electrons. The first-order valence-electron chi connectivity index (χ1n) is 9.67. The number of fused-ring (bicyclic) bond motifs is 2. The van der Waals surface area contributed by atoms with Crippen molar-refractivity contribution in [1.82, 2.24) is 0 Å². The molecule has 0 radical (unpaired) electrons. The number of hydrogen-bond acceptors (Lipinski definition) is 2. The minimum absolute atomic E-state index is 0.0335. The Balaban J connectivity index is 1.38. The lowest BCUT2D eigenvalue weighted by molar-refractivity contribution is -0.121. The highest BCUT2D eigenvalue weighted by molar-refractivity contribution is 5.92. The first kappa shape index (κ1) is 17.1. The monoisotopic (exact) mass is 349 g/mol. The first-order valence-corrected chi connectivity index (χ1v) is 9.67. The molecule has 3 nitrogen and oxygen atoms in total. The summed E-state index contributed by atoms with van der Waals surface area (Å²) in [5.41, 5.74) is 3.63. The predicted molar refractivity (Wildman–Crippen MR) is 105 cm³/mol. The van der Waals surface area contributed by atoms with Gasteiger partial charge in [-0.25, -0.2) is 0 Å². The average Bonchev–Trinajstić information content (AvgIpc) is 3.02. The van der Waals surface area contributed by atoms with E-state index < -0.39 is 0 Å². The Morgan fingerprint density at radius 3 is 2.54 bits per heavy atom. The van der Waals surface area contributed by atoms with Crippen molar-refractivity contribution >= 4 is 11.6 Å². The van der Waals surface area contributed by atoms with Crippen LogP contribution in [0.3, 0.4) is 0 Å². The summed E-state index contributed by atoms with van der Waals surface area (Å²) in [6, 6.07) is 16.5. The largest absolute Gasteiger partial charge is 0.492 e. The second kappa shape index (κ2) is 6.79. The highest BCUT2D eigenvalue weighted by Crippen LogP contribution is 2.50. The lowest BCUT2D eigenvalue weighted by Crippen LogP contribution is -2.37. The number of para-hydroxylation sites is 1. The van der Waals surface area contributed by atoms with E-state index in [0.717, 1.165) is 43.7 Å². The minimum atomic E-state index is 0.0335. The summed E-state index contributed by atoms with van der Waals surface area (Å²) >= 11 is 0. The molecule has 1 saturated carbocycles. The number of nitrogens with one attached hydrogen (secondary N) is 1. The van der Waals surface area contributed by atoms with Crippen LogP contribution in [0.5, 0.6) is 5.75 Å². The molecule has 1 atom stereocenters. The van der Waals surface area contributed by atoms with E-state index >= 15 is 0 Å². The van der Waals surface area contributed by atoms with Crippen molar-refractivity contribution in [1.29, 1.82) is 0 Å². The maximum Gasteiger partial charge on any atom is 0.227 e. The minimum Gasteiger partial charge on any atom is -0.492 e. The van der Waals surface area contributed by atoms with Gasteiger partial charge in [-0.2, -0.15) is 0 Å². The number of carbonyl (C=O) groups is 1. The molecule has 3 heteroatoms. The van der Waals surface area contributed by atoms with E-state index in [-0.39, 0.29) is 17.2 Å². The van der Waals surface area contributed by atoms with E-state index in [1.807, 2.05) is 30.3 Å². The van der Waals surface area contributed by atoms with E-state index in [9.17, 15) is 4.79 Å². The normalized spacial score (nSPS) is 25.4. The molecule has 0 unspecified atom stereocenters. The smallest absolute Gasteiger partial charge is 0.227 e. The molecule has 2 aliphatic rings.